The molecule has 0 aliphatic heterocycles. The van der Waals surface area contributed by atoms with Crippen LogP contribution in [0.1, 0.15) is 34.1 Å². The van der Waals surface area contributed by atoms with Gasteiger partial charge < -0.3 is 24.8 Å². The van der Waals surface area contributed by atoms with Crippen LogP contribution in [0.25, 0.3) is 22.3 Å². The van der Waals surface area contributed by atoms with Crippen molar-refractivity contribution < 1.29 is 24.8 Å². The Morgan fingerprint density at radius 3 is 1.66 bits per heavy atom. The van der Waals surface area contributed by atoms with Crippen LogP contribution < -0.4 is 10.9 Å². The molecule has 0 saturated carbocycles. The summed E-state index contributed by atoms with van der Waals surface area (Å²) in [6.07, 6.45) is 0. The van der Waals surface area contributed by atoms with Gasteiger partial charge in [-0.2, -0.15) is 0 Å². The van der Waals surface area contributed by atoms with Crippen molar-refractivity contribution in [1.82, 2.24) is 0 Å². The highest BCUT2D eigenvalue weighted by Gasteiger charge is 2.41. The van der Waals surface area contributed by atoms with Crippen molar-refractivity contribution in [3.8, 4) is 22.3 Å². The quantitative estimate of drug-likeness (QED) is 0.330. The van der Waals surface area contributed by atoms with Gasteiger partial charge in [0.2, 0.25) is 0 Å². The van der Waals surface area contributed by atoms with Gasteiger partial charge in [0.05, 0.1) is 13.2 Å². The number of benzene rings is 4. The Kier molecular flexibility index (Phi) is 5.60. The number of hydrogen-bond acceptors (Lipinski definition) is 5. The molecule has 1 unspecified atom stereocenters. The maximum absolute atomic E-state index is 10.6. The molecular weight excluding hydrogens is 438 g/mol. The molecule has 172 valence electrons. The van der Waals surface area contributed by atoms with Gasteiger partial charge in [-0.05, 0) is 55.4 Å². The van der Waals surface area contributed by atoms with Crippen molar-refractivity contribution in [3.63, 3.8) is 0 Å². The van der Waals surface area contributed by atoms with Gasteiger partial charge in [0.25, 0.3) is 0 Å². The zero-order valence-corrected chi connectivity index (χ0v) is 19.0. The zero-order valence-electron chi connectivity index (χ0n) is 19.0. The van der Waals surface area contributed by atoms with Gasteiger partial charge in [-0.15, -0.1) is 0 Å². The fraction of sp³-hybridized carbons (Fsp3) is 0.143. The van der Waals surface area contributed by atoms with E-state index in [0.29, 0.717) is 10.9 Å². The molecule has 4 aromatic rings. The number of aliphatic hydroxyl groups excluding tert-OH is 1. The molecule has 2 aliphatic carbocycles. The molecule has 1 atom stereocenters. The van der Waals surface area contributed by atoms with Gasteiger partial charge in [0.1, 0.15) is 0 Å². The first kappa shape index (κ1) is 22.3. The Bertz CT molecular complexity index is 1370. The van der Waals surface area contributed by atoms with Gasteiger partial charge >= 0.3 is 14.2 Å². The lowest BCUT2D eigenvalue weighted by atomic mass is 9.73. The maximum Gasteiger partial charge on any atom is 0.491 e. The van der Waals surface area contributed by atoms with Crippen LogP contribution >= 0.6 is 0 Å². The van der Waals surface area contributed by atoms with Crippen LogP contribution in [0.15, 0.2) is 84.9 Å². The van der Waals surface area contributed by atoms with Crippen LogP contribution in [0.4, 0.5) is 0 Å². The van der Waals surface area contributed by atoms with Crippen LogP contribution in [0.2, 0.25) is 0 Å². The third-order valence-electron chi connectivity index (χ3n) is 7.28. The highest BCUT2D eigenvalue weighted by atomic mass is 16.5. The molecule has 35 heavy (non-hydrogen) atoms. The van der Waals surface area contributed by atoms with Crippen LogP contribution in [0.3, 0.4) is 0 Å². The third-order valence-corrected chi connectivity index (χ3v) is 7.28. The van der Waals surface area contributed by atoms with Crippen LogP contribution in [0.5, 0.6) is 0 Å². The molecule has 0 bridgehead atoms. The van der Waals surface area contributed by atoms with Crippen molar-refractivity contribution in [2.75, 3.05) is 13.2 Å². The standard InChI is InChI=1S/C28H24B2O5/c31-13-14-35-30(34)18-10-12-22-21-11-9-17(29(32)33)15-25(21)28(26(22)16-18)27-23-7-3-1-5-19(23)20-6-2-4-8-24(20)27/h1-12,15-16,27-28,31-34H,13-14H2. The smallest absolute Gasteiger partial charge is 0.423 e. The number of rotatable bonds is 6. The fourth-order valence-electron chi connectivity index (χ4n) is 5.82. The predicted octanol–water partition coefficient (Wildman–Crippen LogP) is 1.99. The Morgan fingerprint density at radius 2 is 1.09 bits per heavy atom. The average molecular weight is 462 g/mol. The Balaban J connectivity index is 1.57. The fourth-order valence-corrected chi connectivity index (χ4v) is 5.82. The summed E-state index contributed by atoms with van der Waals surface area (Å²) in [7, 11) is -2.70. The van der Waals surface area contributed by atoms with Crippen LogP contribution in [-0.4, -0.2) is 47.6 Å². The Hall–Kier alpha value is -3.19. The zero-order chi connectivity index (χ0) is 24.1. The molecule has 0 radical (unpaired) electrons. The lowest BCUT2D eigenvalue weighted by Gasteiger charge is -2.25. The molecule has 7 heteroatoms. The second-order valence-electron chi connectivity index (χ2n) is 9.14. The van der Waals surface area contributed by atoms with Gasteiger partial charge in [0.15, 0.2) is 0 Å². The molecule has 5 nitrogen and oxygen atoms in total. The minimum absolute atomic E-state index is 0.0271. The first-order valence-electron chi connectivity index (χ1n) is 11.8. The summed E-state index contributed by atoms with van der Waals surface area (Å²) in [5.74, 6) is -0.0623. The van der Waals surface area contributed by atoms with E-state index >= 15 is 0 Å². The van der Waals surface area contributed by atoms with E-state index in [9.17, 15) is 15.1 Å². The van der Waals surface area contributed by atoms with Crippen molar-refractivity contribution >= 4 is 25.2 Å². The van der Waals surface area contributed by atoms with E-state index in [1.54, 1.807) is 6.07 Å². The minimum Gasteiger partial charge on any atom is -0.423 e. The molecule has 6 rings (SSSR count). The summed E-state index contributed by atoms with van der Waals surface area (Å²) in [5, 5.41) is 39.5. The van der Waals surface area contributed by atoms with Gasteiger partial charge in [0, 0.05) is 11.8 Å². The Morgan fingerprint density at radius 1 is 0.600 bits per heavy atom. The summed E-state index contributed by atoms with van der Waals surface area (Å²) < 4.78 is 5.38. The van der Waals surface area contributed by atoms with Crippen molar-refractivity contribution in [2.45, 2.75) is 11.8 Å². The molecule has 0 amide bonds. The average Bonchev–Trinajstić information content (AvgIpc) is 3.38. The predicted molar refractivity (Wildman–Crippen MR) is 138 cm³/mol. The molecule has 0 aromatic heterocycles. The molecule has 2 aliphatic rings. The van der Waals surface area contributed by atoms with E-state index < -0.39 is 14.2 Å². The van der Waals surface area contributed by atoms with Gasteiger partial charge in [-0.1, -0.05) is 84.9 Å². The largest absolute Gasteiger partial charge is 0.491 e. The van der Waals surface area contributed by atoms with E-state index in [1.165, 1.54) is 22.3 Å². The summed E-state index contributed by atoms with van der Waals surface area (Å²) in [4.78, 5) is 0. The van der Waals surface area contributed by atoms with Crippen LogP contribution in [-0.2, 0) is 4.65 Å². The molecule has 4 N–H and O–H groups in total. The van der Waals surface area contributed by atoms with E-state index in [2.05, 4.69) is 48.5 Å². The minimum atomic E-state index is -1.56. The first-order chi connectivity index (χ1) is 17.1. The number of fused-ring (bicyclic) bond motifs is 6. The van der Waals surface area contributed by atoms with E-state index in [0.717, 1.165) is 22.3 Å². The summed E-state index contributed by atoms with van der Waals surface area (Å²) in [6.45, 7) is -0.124. The molecule has 4 aromatic carbocycles. The van der Waals surface area contributed by atoms with E-state index in [-0.39, 0.29) is 25.0 Å². The summed E-state index contributed by atoms with van der Waals surface area (Å²) in [5.41, 5.74) is 10.2. The highest BCUT2D eigenvalue weighted by Crippen LogP contribution is 2.57. The molecule has 0 saturated heterocycles. The topological polar surface area (TPSA) is 90.2 Å². The highest BCUT2D eigenvalue weighted by molar-refractivity contribution is 6.60. The summed E-state index contributed by atoms with van der Waals surface area (Å²) in [6, 6.07) is 28.3. The molecular formula is C28H24B2O5. The monoisotopic (exact) mass is 462 g/mol. The van der Waals surface area contributed by atoms with E-state index in [4.69, 9.17) is 9.76 Å². The van der Waals surface area contributed by atoms with Crippen molar-refractivity contribution in [1.29, 1.82) is 0 Å². The normalized spacial score (nSPS) is 15.4. The Labute approximate surface area is 204 Å². The summed E-state index contributed by atoms with van der Waals surface area (Å²) >= 11 is 0. The van der Waals surface area contributed by atoms with Crippen molar-refractivity contribution in [3.05, 3.63) is 107 Å². The number of aliphatic hydroxyl groups is 1. The molecule has 0 spiro atoms. The van der Waals surface area contributed by atoms with Crippen LogP contribution in [0, 0.1) is 0 Å². The van der Waals surface area contributed by atoms with E-state index in [1.807, 2.05) is 30.3 Å². The second kappa shape index (κ2) is 8.79. The van der Waals surface area contributed by atoms with Gasteiger partial charge in [-0.25, -0.2) is 0 Å². The SMILES string of the molecule is OCCOB(O)c1ccc2c(c1)C(C1c3ccccc3-c3ccccc31)c1cc(B(O)O)ccc1-2. The van der Waals surface area contributed by atoms with Gasteiger partial charge in [-0.3, -0.25) is 0 Å². The first-order valence-corrected chi connectivity index (χ1v) is 11.8. The lowest BCUT2D eigenvalue weighted by molar-refractivity contribution is 0.183. The molecule has 0 heterocycles. The maximum atomic E-state index is 10.6. The lowest BCUT2D eigenvalue weighted by Crippen LogP contribution is -2.35. The van der Waals surface area contributed by atoms with Crippen molar-refractivity contribution in [2.24, 2.45) is 0 Å². The third kappa shape index (κ3) is 3.56. The number of hydrogen-bond donors (Lipinski definition) is 4. The second-order valence-corrected chi connectivity index (χ2v) is 9.14. The molecule has 0 fully saturated rings.